The van der Waals surface area contributed by atoms with Crippen molar-refractivity contribution in [1.29, 1.82) is 0 Å². The number of aliphatic hydroxyl groups excluding tert-OH is 4. The molecule has 12 atom stereocenters. The maximum absolute atomic E-state index is 13.8. The van der Waals surface area contributed by atoms with Gasteiger partial charge in [-0.15, -0.1) is 45.3 Å². The number of nitrogens with two attached hydrogens (primary N) is 4. The number of carbonyl (C=O) groups is 4. The van der Waals surface area contributed by atoms with Crippen molar-refractivity contribution in [3.8, 4) is 5.75 Å². The molecular formula is C100H111BrCl2F2N14O22S8. The van der Waals surface area contributed by atoms with Crippen LogP contribution in [-0.4, -0.2) is 200 Å². The van der Waals surface area contributed by atoms with Crippen LogP contribution in [0.4, 0.5) is 20.4 Å². The van der Waals surface area contributed by atoms with Gasteiger partial charge in [-0.05, 0) is 256 Å². The standard InChI is InChI=1S/C28H33ClN4O6S2.C25H30N4O5S2.C24H25F2N3O6S2.C23H23BrClN3O5S2/c29-21-3-1-2-18(9-21)8-19-12-26(40-25(19)10-17-4-6-38-7-5-17)27(35)23-14-31-16-32-28(23)33-22-11-20(24(34)13-22)15-39-41(30,36)37;1-3-16-5-4-6-17(7-16)8-18-10-23(35-15(18)2)24(31)21-12-27-14-28-25(21)29-20-9-19(22(30)11-20)13-34-36(26,32)33;25-24(26)35-18-3-1-2-14(6-18)4-16-9-22(36-12-16)23(31)19-10-28-13-29-20(19)7-15-5-17(21(30)8-15)11-34-37(27,32)33;24-17-3-1-2-13(6-17)4-15-9-21(34-23(15)25)22(30)18-10-27-12-28-19(18)7-14-5-16(20(29)8-14)11-33-35(26,31)32/h1-3,9,12,14,16-17,20,22,24,34H,4-8,10-11,13,15H2,(H2,30,36,37)(H,31,32,33);4-7,10,12,14,19-20,22,30H,3,8-9,11,13H2,1-2H3,(H2,26,32,33)(H,27,28,29);1-3,6,9-10,12-13,15,17,21,24,30H,4-5,7-8,11H2,(H2,27,32,33);1-3,6,9-10,12,14,16,20,29H,4-5,7-8,11H2,(H2,26,31,32)/t20-,22-,24+;19-,20-,22+;15-,17+,21-;14-,16+,20-/m1100/s1. The average molecular weight is 2310 g/mol. The quantitative estimate of drug-likeness (QED) is 0.0159. The summed E-state index contributed by atoms with van der Waals surface area (Å²) in [5.41, 5.74) is 11.9. The van der Waals surface area contributed by atoms with E-state index in [0.717, 1.165) is 93.6 Å². The number of anilines is 2. The molecule has 12 aromatic rings. The molecule has 1 aliphatic heterocycles. The summed E-state index contributed by atoms with van der Waals surface area (Å²) in [7, 11) is -16.4. The van der Waals surface area contributed by atoms with Gasteiger partial charge in [0.05, 0.1) is 108 Å². The van der Waals surface area contributed by atoms with Crippen molar-refractivity contribution < 1.29 is 108 Å². The third kappa shape index (κ3) is 34.4. The van der Waals surface area contributed by atoms with Crippen molar-refractivity contribution in [1.82, 2.24) is 39.9 Å². The fourth-order valence-electron chi connectivity index (χ4n) is 18.9. The summed E-state index contributed by atoms with van der Waals surface area (Å²) in [6, 6.07) is 37.6. The number of ketones is 4. The first-order chi connectivity index (χ1) is 70.9. The second-order valence-electron chi connectivity index (χ2n) is 37.2. The molecule has 5 aliphatic rings. The molecule has 1 saturated heterocycles. The number of alkyl halides is 2. The van der Waals surface area contributed by atoms with Gasteiger partial charge < -0.3 is 40.5 Å². The summed E-state index contributed by atoms with van der Waals surface area (Å²) in [6.07, 6.45) is 19.0. The molecule has 36 nitrogen and oxygen atoms in total. The Kier molecular flexibility index (Phi) is 40.7. The van der Waals surface area contributed by atoms with E-state index in [2.05, 4.69) is 119 Å². The molecular weight excluding hydrogens is 2190 g/mol. The maximum atomic E-state index is 13.8. The lowest BCUT2D eigenvalue weighted by molar-refractivity contribution is -0.0499. The molecule has 0 spiro atoms. The summed E-state index contributed by atoms with van der Waals surface area (Å²) >= 11 is 21.6. The van der Waals surface area contributed by atoms with E-state index in [1.807, 2.05) is 79.0 Å². The number of hydrogen-bond donors (Lipinski definition) is 10. The Morgan fingerprint density at radius 1 is 0.463 bits per heavy atom. The predicted molar refractivity (Wildman–Crippen MR) is 562 cm³/mol. The Hall–Kier alpha value is -9.72. The van der Waals surface area contributed by atoms with Crippen LogP contribution in [0.3, 0.4) is 0 Å². The molecule has 796 valence electrons. The second-order valence-corrected chi connectivity index (χ2v) is 48.4. The minimum absolute atomic E-state index is 0.000425. The zero-order valence-corrected chi connectivity index (χ0v) is 90.1. The Bertz CT molecular complexity index is 7180. The van der Waals surface area contributed by atoms with Crippen LogP contribution in [0.15, 0.2) is 181 Å². The third-order valence-electron chi connectivity index (χ3n) is 26.2. The van der Waals surface area contributed by atoms with E-state index in [1.165, 1.54) is 124 Å². The molecule has 9 heterocycles. The SMILES string of the molecule is CCc1cccc(Cc2cc(C(=O)c3cncnc3N[C@@H]3C[C@H](COS(N)(=O)=O)[C@@H](O)C3)sc2C)c1.NS(=O)(=O)OC[C@H]1C[C@@H](Cc2ncncc2C(=O)c2cc(Cc3cccc(Br)c3)c(Cl)s2)C[C@@H]1O.NS(=O)(=O)OC[C@H]1C[C@@H](Cc2ncncc2C(=O)c2cc(Cc3cccc(OC(F)F)c3)cs2)C[C@@H]1O.NS(=O)(=O)OC[C@H]1C[C@@H](Nc2ncncc2C(=O)c2cc(Cc3cccc(Cl)c3)c(CC3CCOCC3)s2)C[C@@H]1O. The monoisotopic (exact) mass is 2300 g/mol. The van der Waals surface area contributed by atoms with Gasteiger partial charge in [0.2, 0.25) is 23.1 Å². The van der Waals surface area contributed by atoms with Crippen molar-refractivity contribution in [2.45, 2.75) is 173 Å². The van der Waals surface area contributed by atoms with Crippen molar-refractivity contribution in [2.24, 2.45) is 62.0 Å². The number of aryl methyl sites for hydroxylation is 2. The van der Waals surface area contributed by atoms with E-state index in [0.29, 0.717) is 164 Å². The van der Waals surface area contributed by atoms with Gasteiger partial charge in [0.15, 0.2) is 0 Å². The fraction of sp³-hybridized carbons (Fsp3) is 0.400. The van der Waals surface area contributed by atoms with Crippen LogP contribution in [0.1, 0.15) is 203 Å². The van der Waals surface area contributed by atoms with Crippen molar-refractivity contribution in [2.75, 3.05) is 50.3 Å². The fourth-order valence-corrected chi connectivity index (χ4v) is 25.3. The topological polar surface area (TPSA) is 572 Å². The number of aliphatic hydroxyl groups is 4. The van der Waals surface area contributed by atoms with Gasteiger partial charge in [0, 0.05) is 93.0 Å². The average Bonchev–Trinajstić information content (AvgIpc) is 1.66. The molecule has 8 aromatic heterocycles. The smallest absolute Gasteiger partial charge is 0.387 e. The lowest BCUT2D eigenvalue weighted by atomic mass is 9.93. The number of rotatable bonds is 41. The van der Waals surface area contributed by atoms with E-state index < -0.39 is 90.0 Å². The first-order valence-electron chi connectivity index (χ1n) is 47.5. The van der Waals surface area contributed by atoms with Gasteiger partial charge in [-0.1, -0.05) is 107 Å². The highest BCUT2D eigenvalue weighted by molar-refractivity contribution is 9.10. The van der Waals surface area contributed by atoms with Crippen LogP contribution in [-0.2, 0) is 114 Å². The first kappa shape index (κ1) is 115. The number of ether oxygens (including phenoxy) is 2. The number of thiophene rings is 4. The maximum Gasteiger partial charge on any atom is 0.387 e. The molecule has 49 heteroatoms. The van der Waals surface area contributed by atoms with Gasteiger partial charge in [0.1, 0.15) is 42.7 Å². The minimum Gasteiger partial charge on any atom is -0.435 e. The van der Waals surface area contributed by atoms with Gasteiger partial charge >= 0.3 is 47.8 Å². The molecule has 0 radical (unpaired) electrons. The molecule has 4 saturated carbocycles. The molecule has 0 unspecified atom stereocenters. The lowest BCUT2D eigenvalue weighted by Gasteiger charge is -2.21. The second kappa shape index (κ2) is 52.7. The number of hydrogen-bond acceptors (Lipinski definition) is 36. The Balaban J connectivity index is 0.000000157. The summed E-state index contributed by atoms with van der Waals surface area (Å²) in [4.78, 5) is 91.9. The van der Waals surface area contributed by atoms with Crippen molar-refractivity contribution in [3.63, 3.8) is 0 Å². The summed E-state index contributed by atoms with van der Waals surface area (Å²) in [6.45, 7) is 1.95. The van der Waals surface area contributed by atoms with Crippen LogP contribution >= 0.6 is 84.5 Å². The zero-order valence-electron chi connectivity index (χ0n) is 80.5. The van der Waals surface area contributed by atoms with E-state index in [9.17, 15) is 82.1 Å². The van der Waals surface area contributed by atoms with Gasteiger partial charge in [-0.3, -0.25) is 35.9 Å². The molecule has 14 N–H and O–H groups in total. The lowest BCUT2D eigenvalue weighted by Crippen LogP contribution is -2.24. The van der Waals surface area contributed by atoms with E-state index in [1.54, 1.807) is 18.2 Å². The van der Waals surface area contributed by atoms with Gasteiger partial charge in [0.25, 0.3) is 0 Å². The number of carbonyl (C=O) groups excluding carboxylic acids is 4. The summed E-state index contributed by atoms with van der Waals surface area (Å²) < 4.78 is 144. The largest absolute Gasteiger partial charge is 0.435 e. The normalized spacial score (nSPS) is 20.5. The number of benzene rings is 4. The molecule has 4 aliphatic carbocycles. The van der Waals surface area contributed by atoms with E-state index in [4.69, 9.17) is 48.5 Å². The predicted octanol–water partition coefficient (Wildman–Crippen LogP) is 13.8. The minimum atomic E-state index is -4.10. The highest BCUT2D eigenvalue weighted by atomic mass is 79.9. The molecule has 5 fully saturated rings. The van der Waals surface area contributed by atoms with Crippen LogP contribution < -0.4 is 35.9 Å². The van der Waals surface area contributed by atoms with Gasteiger partial charge in [-0.2, -0.15) is 42.5 Å². The number of nitrogens with zero attached hydrogens (tertiary/aromatic N) is 8. The van der Waals surface area contributed by atoms with Crippen LogP contribution in [0.5, 0.6) is 5.75 Å². The molecule has 17 rings (SSSR count). The number of halogens is 5. The Labute approximate surface area is 895 Å². The first-order valence-corrected chi connectivity index (χ1v) is 58.2. The van der Waals surface area contributed by atoms with Crippen LogP contribution in [0.25, 0.3) is 0 Å². The van der Waals surface area contributed by atoms with Crippen molar-refractivity contribution >= 4 is 160 Å². The van der Waals surface area contributed by atoms with Crippen molar-refractivity contribution in [3.05, 3.63) is 304 Å². The Morgan fingerprint density at radius 2 is 0.886 bits per heavy atom. The molecule has 149 heavy (non-hydrogen) atoms. The summed E-state index contributed by atoms with van der Waals surface area (Å²) in [5, 5.41) is 70.0. The van der Waals surface area contributed by atoms with E-state index in [-0.39, 0.29) is 85.1 Å². The molecule has 0 bridgehead atoms. The Morgan fingerprint density at radius 3 is 1.40 bits per heavy atom. The zero-order chi connectivity index (χ0) is 107. The highest BCUT2D eigenvalue weighted by Gasteiger charge is 2.41. The van der Waals surface area contributed by atoms with Gasteiger partial charge in [-0.25, -0.2) is 60.4 Å². The van der Waals surface area contributed by atoms with Crippen LogP contribution in [0, 0.1) is 48.3 Å². The molecule has 4 aromatic carbocycles. The highest BCUT2D eigenvalue weighted by Crippen LogP contribution is 2.42. The molecule has 0 amide bonds. The third-order valence-corrected chi connectivity index (χ3v) is 33.5. The number of nitrogens with one attached hydrogen (secondary N) is 2. The summed E-state index contributed by atoms with van der Waals surface area (Å²) in [5.74, 6) is -1.12. The number of aromatic nitrogens is 8. The van der Waals surface area contributed by atoms with Crippen LogP contribution in [0.2, 0.25) is 9.36 Å². The van der Waals surface area contributed by atoms with E-state index >= 15 is 0 Å².